The molecule has 0 amide bonds. The molecule has 1 aromatic heterocycles. The number of nitrogens with one attached hydrogen (secondary N) is 1. The Labute approximate surface area is 123 Å². The third-order valence-electron chi connectivity index (χ3n) is 4.23. The molecule has 0 saturated heterocycles. The number of H-pyrrole nitrogens is 1. The van der Waals surface area contributed by atoms with Crippen LogP contribution in [0.2, 0.25) is 0 Å². The summed E-state index contributed by atoms with van der Waals surface area (Å²) in [5.74, 6) is 1.82. The van der Waals surface area contributed by atoms with E-state index in [9.17, 15) is 0 Å². The molecule has 0 radical (unpaired) electrons. The number of nitrogens with zero attached hydrogens (tertiary/aromatic N) is 1. The highest BCUT2D eigenvalue weighted by Crippen LogP contribution is 2.42. The van der Waals surface area contributed by atoms with Crippen LogP contribution in [0.3, 0.4) is 0 Å². The molecule has 4 nitrogen and oxygen atoms in total. The van der Waals surface area contributed by atoms with E-state index in [4.69, 9.17) is 9.47 Å². The van der Waals surface area contributed by atoms with Crippen LogP contribution in [0.1, 0.15) is 5.56 Å². The van der Waals surface area contributed by atoms with E-state index in [2.05, 4.69) is 48.1 Å². The van der Waals surface area contributed by atoms with E-state index in [-0.39, 0.29) is 0 Å². The normalized spacial score (nSPS) is 14.3. The lowest BCUT2D eigenvalue weighted by Gasteiger charge is -2.27. The van der Waals surface area contributed by atoms with Gasteiger partial charge >= 0.3 is 0 Å². The molecule has 108 valence electrons. The van der Waals surface area contributed by atoms with Crippen LogP contribution in [0.25, 0.3) is 21.8 Å². The summed E-state index contributed by atoms with van der Waals surface area (Å²) < 4.78 is 11.4. The highest BCUT2D eigenvalue weighted by atomic mass is 16.5. The van der Waals surface area contributed by atoms with E-state index in [0.29, 0.717) is 6.61 Å². The fraction of sp³-hybridized carbons (Fsp3) is 0.294. The molecule has 3 aromatic rings. The molecule has 0 fully saturated rings. The summed E-state index contributed by atoms with van der Waals surface area (Å²) in [6.07, 6.45) is 0. The summed E-state index contributed by atoms with van der Waals surface area (Å²) in [6, 6.07) is 8.54. The Hall–Kier alpha value is -2.36. The Bertz CT molecular complexity index is 851. The summed E-state index contributed by atoms with van der Waals surface area (Å²) >= 11 is 0. The molecule has 4 heteroatoms. The monoisotopic (exact) mass is 282 g/mol. The number of hydrogen-bond donors (Lipinski definition) is 1. The van der Waals surface area contributed by atoms with Gasteiger partial charge in [-0.15, -0.1) is 0 Å². The zero-order valence-corrected chi connectivity index (χ0v) is 12.5. The molecule has 1 aliphatic heterocycles. The maximum Gasteiger partial charge on any atom is 0.166 e. The second-order valence-corrected chi connectivity index (χ2v) is 5.62. The Morgan fingerprint density at radius 3 is 2.86 bits per heavy atom. The van der Waals surface area contributed by atoms with Gasteiger partial charge in [0.1, 0.15) is 12.4 Å². The molecule has 2 heterocycles. The Balaban J connectivity index is 2.12. The minimum Gasteiger partial charge on any atom is -0.495 e. The number of ether oxygens (including phenoxy) is 2. The van der Waals surface area contributed by atoms with E-state index < -0.39 is 0 Å². The standard InChI is InChI=1S/C17H18N2O2/c1-10-8-12-11-4-5-13-17(21-7-6-19(13)2)16(11)18-15(12)14(9-10)20-3/h4-5,8-9,18H,6-7H2,1-3H3. The van der Waals surface area contributed by atoms with Gasteiger partial charge in [-0.3, -0.25) is 0 Å². The maximum atomic E-state index is 5.93. The third-order valence-corrected chi connectivity index (χ3v) is 4.23. The van der Waals surface area contributed by atoms with Crippen LogP contribution in [-0.4, -0.2) is 32.3 Å². The van der Waals surface area contributed by atoms with Gasteiger partial charge in [-0.2, -0.15) is 0 Å². The summed E-state index contributed by atoms with van der Waals surface area (Å²) in [4.78, 5) is 5.73. The largest absolute Gasteiger partial charge is 0.495 e. The van der Waals surface area contributed by atoms with Crippen LogP contribution >= 0.6 is 0 Å². The predicted molar refractivity (Wildman–Crippen MR) is 85.9 cm³/mol. The number of fused-ring (bicyclic) bond motifs is 5. The molecule has 1 N–H and O–H groups in total. The van der Waals surface area contributed by atoms with Gasteiger partial charge in [0, 0.05) is 17.8 Å². The van der Waals surface area contributed by atoms with Crippen molar-refractivity contribution in [2.75, 3.05) is 32.2 Å². The topological polar surface area (TPSA) is 37.5 Å². The molecule has 0 spiro atoms. The maximum absolute atomic E-state index is 5.93. The number of benzene rings is 2. The third kappa shape index (κ3) is 1.68. The SMILES string of the molecule is COc1cc(C)cc2c1[nH]c1c3c(ccc12)N(C)CCO3. The molecule has 0 aliphatic carbocycles. The van der Waals surface area contributed by atoms with E-state index in [1.807, 2.05) is 0 Å². The summed E-state index contributed by atoms with van der Waals surface area (Å²) in [5.41, 5.74) is 4.41. The second kappa shape index (κ2) is 4.32. The van der Waals surface area contributed by atoms with Crippen LogP contribution in [0.5, 0.6) is 11.5 Å². The highest BCUT2D eigenvalue weighted by molar-refractivity contribution is 6.12. The Morgan fingerprint density at radius 2 is 2.05 bits per heavy atom. The first-order valence-corrected chi connectivity index (χ1v) is 7.16. The van der Waals surface area contributed by atoms with Crippen LogP contribution in [0, 0.1) is 6.92 Å². The number of methoxy groups -OCH3 is 1. The van der Waals surface area contributed by atoms with Crippen molar-refractivity contribution in [3.63, 3.8) is 0 Å². The lowest BCUT2D eigenvalue weighted by atomic mass is 10.1. The lowest BCUT2D eigenvalue weighted by molar-refractivity contribution is 0.314. The molecule has 2 aromatic carbocycles. The fourth-order valence-electron chi connectivity index (χ4n) is 3.15. The zero-order chi connectivity index (χ0) is 14.6. The van der Waals surface area contributed by atoms with Gasteiger partial charge in [0.15, 0.2) is 5.75 Å². The zero-order valence-electron chi connectivity index (χ0n) is 12.5. The first kappa shape index (κ1) is 12.4. The average molecular weight is 282 g/mol. The number of hydrogen-bond acceptors (Lipinski definition) is 3. The fourth-order valence-corrected chi connectivity index (χ4v) is 3.15. The van der Waals surface area contributed by atoms with Crippen molar-refractivity contribution in [1.82, 2.24) is 4.98 Å². The van der Waals surface area contributed by atoms with Gasteiger partial charge in [-0.25, -0.2) is 0 Å². The smallest absolute Gasteiger partial charge is 0.166 e. The molecule has 0 unspecified atom stereocenters. The van der Waals surface area contributed by atoms with Crippen molar-refractivity contribution in [3.05, 3.63) is 29.8 Å². The van der Waals surface area contributed by atoms with Crippen LogP contribution in [0.15, 0.2) is 24.3 Å². The number of rotatable bonds is 1. The minimum atomic E-state index is 0.716. The quantitative estimate of drug-likeness (QED) is 0.742. The number of likely N-dealkylation sites (N-methyl/N-ethyl adjacent to an activating group) is 1. The molecular formula is C17H18N2O2. The molecule has 4 rings (SSSR count). The van der Waals surface area contributed by atoms with Gasteiger partial charge < -0.3 is 19.4 Å². The highest BCUT2D eigenvalue weighted by Gasteiger charge is 2.20. The Morgan fingerprint density at radius 1 is 1.19 bits per heavy atom. The first-order valence-electron chi connectivity index (χ1n) is 7.16. The number of aromatic nitrogens is 1. The predicted octanol–water partition coefficient (Wildman–Crippen LogP) is 3.47. The van der Waals surface area contributed by atoms with E-state index >= 15 is 0 Å². The van der Waals surface area contributed by atoms with Crippen LogP contribution in [0.4, 0.5) is 5.69 Å². The number of aryl methyl sites for hydroxylation is 1. The van der Waals surface area contributed by atoms with Gasteiger partial charge in [0.2, 0.25) is 0 Å². The van der Waals surface area contributed by atoms with E-state index in [0.717, 1.165) is 34.8 Å². The van der Waals surface area contributed by atoms with Crippen molar-refractivity contribution in [2.45, 2.75) is 6.92 Å². The van der Waals surface area contributed by atoms with E-state index in [1.54, 1.807) is 7.11 Å². The second-order valence-electron chi connectivity index (χ2n) is 5.62. The van der Waals surface area contributed by atoms with Gasteiger partial charge in [0.25, 0.3) is 0 Å². The summed E-state index contributed by atoms with van der Waals surface area (Å²) in [6.45, 7) is 3.72. The molecule has 1 aliphatic rings. The molecular weight excluding hydrogens is 264 g/mol. The first-order chi connectivity index (χ1) is 10.2. The van der Waals surface area contributed by atoms with Crippen molar-refractivity contribution in [3.8, 4) is 11.5 Å². The number of anilines is 1. The van der Waals surface area contributed by atoms with Crippen molar-refractivity contribution >= 4 is 27.5 Å². The summed E-state index contributed by atoms with van der Waals surface area (Å²) in [7, 11) is 3.81. The molecule has 21 heavy (non-hydrogen) atoms. The van der Waals surface area contributed by atoms with Crippen molar-refractivity contribution < 1.29 is 9.47 Å². The number of aromatic amines is 1. The summed E-state index contributed by atoms with van der Waals surface area (Å²) in [5, 5.41) is 2.36. The van der Waals surface area contributed by atoms with Crippen LogP contribution < -0.4 is 14.4 Å². The van der Waals surface area contributed by atoms with Crippen molar-refractivity contribution in [1.29, 1.82) is 0 Å². The van der Waals surface area contributed by atoms with Gasteiger partial charge in [-0.1, -0.05) is 0 Å². The lowest BCUT2D eigenvalue weighted by Crippen LogP contribution is -2.28. The molecule has 0 bridgehead atoms. The molecule has 0 atom stereocenters. The minimum absolute atomic E-state index is 0.716. The average Bonchev–Trinajstić information content (AvgIpc) is 2.86. The van der Waals surface area contributed by atoms with Gasteiger partial charge in [0.05, 0.1) is 30.4 Å². The Kier molecular flexibility index (Phi) is 2.55. The van der Waals surface area contributed by atoms with Crippen molar-refractivity contribution in [2.24, 2.45) is 0 Å². The van der Waals surface area contributed by atoms with Crippen LogP contribution in [-0.2, 0) is 0 Å². The van der Waals surface area contributed by atoms with E-state index in [1.165, 1.54) is 16.3 Å². The molecule has 0 saturated carbocycles. The van der Waals surface area contributed by atoms with Gasteiger partial charge in [-0.05, 0) is 36.8 Å².